The zero-order valence-corrected chi connectivity index (χ0v) is 7.86. The molecule has 0 fully saturated rings. The van der Waals surface area contributed by atoms with Gasteiger partial charge < -0.3 is 4.74 Å². The molecule has 0 bridgehead atoms. The fourth-order valence-electron chi connectivity index (χ4n) is 0.690. The number of quaternary nitrogens is 1. The van der Waals surface area contributed by atoms with Crippen LogP contribution in [-0.2, 0) is 4.79 Å². The van der Waals surface area contributed by atoms with E-state index in [-0.39, 0.29) is 5.75 Å². The molecule has 0 saturated carbocycles. The number of carbonyl (C=O) groups is 1. The van der Waals surface area contributed by atoms with Crippen LogP contribution in [0.1, 0.15) is 0 Å². The van der Waals surface area contributed by atoms with E-state index >= 15 is 0 Å². The van der Waals surface area contributed by atoms with Gasteiger partial charge in [-0.05, 0) is 23.7 Å². The van der Waals surface area contributed by atoms with Crippen LogP contribution in [0, 0.1) is 0 Å². The molecule has 0 amide bonds. The van der Waals surface area contributed by atoms with Crippen LogP contribution in [0.3, 0.4) is 0 Å². The van der Waals surface area contributed by atoms with Gasteiger partial charge in [-0.25, -0.2) is 5.21 Å². The molecule has 4 nitrogen and oxygen atoms in total. The van der Waals surface area contributed by atoms with Crippen LogP contribution < -0.4 is 10.2 Å². The van der Waals surface area contributed by atoms with E-state index in [0.717, 1.165) is 16.9 Å². The summed E-state index contributed by atoms with van der Waals surface area (Å²) in [5.41, 5.74) is 1.83. The summed E-state index contributed by atoms with van der Waals surface area (Å²) in [6.07, 6.45) is 0. The van der Waals surface area contributed by atoms with Gasteiger partial charge in [-0.3, -0.25) is 4.79 Å². The number of nitrogens with two attached hydrogens (primary N) is 1. The summed E-state index contributed by atoms with van der Waals surface area (Å²) >= 11 is 4.32. The molecule has 0 spiro atoms. The van der Waals surface area contributed by atoms with E-state index in [1.54, 1.807) is 31.4 Å². The number of carbonyl (C=O) groups excluding carboxylic acids is 1. The maximum Gasteiger partial charge on any atom is 0.208 e. The monoisotopic (exact) mass is 204 g/mol. The number of halogens is 1. The van der Waals surface area contributed by atoms with Crippen LogP contribution in [-0.4, -0.2) is 18.1 Å². The van der Waals surface area contributed by atoms with Crippen molar-refractivity contribution in [2.75, 3.05) is 7.11 Å². The van der Waals surface area contributed by atoms with E-state index in [0.29, 0.717) is 0 Å². The smallest absolute Gasteiger partial charge is 0.208 e. The maximum atomic E-state index is 8.57. The van der Waals surface area contributed by atoms with E-state index in [4.69, 9.17) is 14.7 Å². The van der Waals surface area contributed by atoms with Crippen molar-refractivity contribution in [3.05, 3.63) is 24.3 Å². The lowest BCUT2D eigenvalue weighted by Crippen LogP contribution is -2.73. The van der Waals surface area contributed by atoms with Crippen molar-refractivity contribution in [1.82, 2.24) is 0 Å². The molecular formula is C8H11ClNO3+. The molecule has 13 heavy (non-hydrogen) atoms. The van der Waals surface area contributed by atoms with Gasteiger partial charge in [-0.15, -0.1) is 0 Å². The lowest BCUT2D eigenvalue weighted by Gasteiger charge is -1.96. The molecule has 0 aliphatic heterocycles. The van der Waals surface area contributed by atoms with E-state index in [9.17, 15) is 0 Å². The minimum absolute atomic E-state index is 0.222. The van der Waals surface area contributed by atoms with Crippen LogP contribution in [0.5, 0.6) is 5.75 Å². The summed E-state index contributed by atoms with van der Waals surface area (Å²) < 4.78 is 4.92. The van der Waals surface area contributed by atoms with Gasteiger partial charge >= 0.3 is 0 Å². The molecule has 0 heterocycles. The molecule has 1 aromatic carbocycles. The zero-order chi connectivity index (χ0) is 10.1. The fraction of sp³-hybridized carbons (Fsp3) is 0.125. The third kappa shape index (κ3) is 5.19. The fourth-order valence-corrected chi connectivity index (χ4v) is 0.690. The van der Waals surface area contributed by atoms with Crippen molar-refractivity contribution in [3.63, 3.8) is 0 Å². The second-order valence-electron chi connectivity index (χ2n) is 1.99. The predicted molar refractivity (Wildman–Crippen MR) is 49.0 cm³/mol. The molecule has 1 rings (SSSR count). The van der Waals surface area contributed by atoms with Crippen molar-refractivity contribution in [3.8, 4) is 5.75 Å². The van der Waals surface area contributed by atoms with Crippen molar-refractivity contribution < 1.29 is 20.2 Å². The quantitative estimate of drug-likeness (QED) is 0.323. The summed E-state index contributed by atoms with van der Waals surface area (Å²) in [6.45, 7) is 0. The summed E-state index contributed by atoms with van der Waals surface area (Å²) in [4.78, 5) is 8.57. The van der Waals surface area contributed by atoms with Crippen LogP contribution in [0.25, 0.3) is 0 Å². The van der Waals surface area contributed by atoms with Gasteiger partial charge in [0.1, 0.15) is 5.75 Å². The second kappa shape index (κ2) is 7.54. The van der Waals surface area contributed by atoms with Crippen molar-refractivity contribution >= 4 is 23.0 Å². The lowest BCUT2D eigenvalue weighted by atomic mass is 10.3. The largest absolute Gasteiger partial charge is 0.497 e. The topological polar surface area (TPSA) is 63.1 Å². The summed E-state index contributed by atoms with van der Waals surface area (Å²) in [5.74, 6) is 1.02. The maximum absolute atomic E-state index is 8.57. The van der Waals surface area contributed by atoms with Gasteiger partial charge in [0.2, 0.25) is 5.75 Å². The number of methoxy groups -OCH3 is 1. The normalized spacial score (nSPS) is 8.23. The Kier molecular flexibility index (Phi) is 6.91. The van der Waals surface area contributed by atoms with Crippen LogP contribution in [0.2, 0.25) is 0 Å². The third-order valence-electron chi connectivity index (χ3n) is 1.26. The lowest BCUT2D eigenvalue weighted by molar-refractivity contribution is -0.825. The first kappa shape index (κ1) is 11.9. The second-order valence-corrected chi connectivity index (χ2v) is 2.17. The molecule has 3 N–H and O–H groups in total. The van der Waals surface area contributed by atoms with E-state index in [1.807, 2.05) is 0 Å². The molecular weight excluding hydrogens is 194 g/mol. The number of hydrogen-bond acceptors (Lipinski definition) is 3. The Bertz CT molecular complexity index is 215. The molecule has 0 aliphatic rings. The minimum atomic E-state index is 0.222. The molecule has 0 radical (unpaired) electrons. The summed E-state index contributed by atoms with van der Waals surface area (Å²) in [5, 5.41) is 8.54. The van der Waals surface area contributed by atoms with Gasteiger partial charge in [-0.1, -0.05) is 0 Å². The van der Waals surface area contributed by atoms with Crippen molar-refractivity contribution in [2.45, 2.75) is 0 Å². The Balaban J connectivity index is 0.000000424. The average Bonchev–Trinajstić information content (AvgIpc) is 2.19. The van der Waals surface area contributed by atoms with Crippen LogP contribution in [0.4, 0.5) is 5.69 Å². The van der Waals surface area contributed by atoms with E-state index in [2.05, 4.69) is 11.6 Å². The Labute approximate surface area is 81.0 Å². The van der Waals surface area contributed by atoms with Crippen molar-refractivity contribution in [1.29, 1.82) is 0 Å². The average molecular weight is 205 g/mol. The number of hydrogen-bond donors (Lipinski definition) is 2. The minimum Gasteiger partial charge on any atom is -0.497 e. The first-order valence-corrected chi connectivity index (χ1v) is 3.87. The molecule has 5 heteroatoms. The highest BCUT2D eigenvalue weighted by Gasteiger charge is 1.93. The van der Waals surface area contributed by atoms with E-state index < -0.39 is 0 Å². The van der Waals surface area contributed by atoms with Crippen LogP contribution >= 0.6 is 11.6 Å². The number of rotatable bonds is 2. The van der Waals surface area contributed by atoms with Gasteiger partial charge in [-0.2, -0.15) is 5.48 Å². The van der Waals surface area contributed by atoms with Gasteiger partial charge in [0.15, 0.2) is 5.69 Å². The van der Waals surface area contributed by atoms with Crippen molar-refractivity contribution in [2.24, 2.45) is 0 Å². The summed E-state index contributed by atoms with van der Waals surface area (Å²) in [7, 11) is 1.61. The molecule has 1 aromatic rings. The first-order chi connectivity index (χ1) is 6.28. The third-order valence-corrected chi connectivity index (χ3v) is 1.26. The molecule has 0 aromatic heterocycles. The zero-order valence-electron chi connectivity index (χ0n) is 7.11. The number of benzene rings is 1. The molecule has 0 unspecified atom stereocenters. The molecule has 72 valence electrons. The highest BCUT2D eigenvalue weighted by atomic mass is 35.5. The Morgan fingerprint density at radius 2 is 1.92 bits per heavy atom. The van der Waals surface area contributed by atoms with Crippen LogP contribution in [0.15, 0.2) is 24.3 Å². The molecule has 0 saturated heterocycles. The Morgan fingerprint density at radius 3 is 2.23 bits per heavy atom. The SMILES string of the molecule is COc1ccc([NH2+]O)cc1.O=CCl. The summed E-state index contributed by atoms with van der Waals surface area (Å²) in [6, 6.07) is 7.14. The van der Waals surface area contributed by atoms with E-state index in [1.165, 1.54) is 0 Å². The van der Waals surface area contributed by atoms with Gasteiger partial charge in [0.25, 0.3) is 0 Å². The highest BCUT2D eigenvalue weighted by Crippen LogP contribution is 2.10. The standard InChI is InChI=1S/C7H9NO2.CHClO/c1-10-7-4-2-6(8-9)3-5-7;2-1-3/h2-5,8-9H,1H3;1H/p+1. The Hall–Kier alpha value is -1.10. The van der Waals surface area contributed by atoms with Gasteiger partial charge in [0.05, 0.1) is 7.11 Å². The first-order valence-electron chi connectivity index (χ1n) is 3.43. The van der Waals surface area contributed by atoms with Gasteiger partial charge in [0, 0.05) is 12.1 Å². The Morgan fingerprint density at radius 1 is 1.46 bits per heavy atom. The molecule has 0 atom stereocenters. The number of ether oxygens (including phenoxy) is 1. The highest BCUT2D eigenvalue weighted by molar-refractivity contribution is 6.54. The predicted octanol–water partition coefficient (Wildman–Crippen LogP) is 0.695. The molecule has 0 aliphatic carbocycles.